The van der Waals surface area contributed by atoms with Gasteiger partial charge in [-0.15, -0.1) is 0 Å². The molecule has 0 bridgehead atoms. The lowest BCUT2D eigenvalue weighted by Gasteiger charge is -2.25. The predicted molar refractivity (Wildman–Crippen MR) is 83.5 cm³/mol. The number of carbonyl (C=O) groups is 1. The van der Waals surface area contributed by atoms with E-state index in [1.807, 2.05) is 7.05 Å². The van der Waals surface area contributed by atoms with E-state index in [-0.39, 0.29) is 5.91 Å². The van der Waals surface area contributed by atoms with Crippen LogP contribution in [0.5, 0.6) is 0 Å². The van der Waals surface area contributed by atoms with Gasteiger partial charge in [-0.1, -0.05) is 6.07 Å². The van der Waals surface area contributed by atoms with Gasteiger partial charge >= 0.3 is 0 Å². The summed E-state index contributed by atoms with van der Waals surface area (Å²) >= 11 is 3.59. The van der Waals surface area contributed by atoms with Crippen molar-refractivity contribution in [1.29, 1.82) is 0 Å². The van der Waals surface area contributed by atoms with Crippen LogP contribution in [0.4, 0.5) is 5.69 Å². The first-order valence-electron chi connectivity index (χ1n) is 6.37. The lowest BCUT2D eigenvalue weighted by molar-refractivity contribution is -0.127. The first-order chi connectivity index (χ1) is 8.99. The minimum absolute atomic E-state index is 0.105. The van der Waals surface area contributed by atoms with E-state index in [9.17, 15) is 4.79 Å². The number of amides is 1. The molecule has 0 aliphatic rings. The molecule has 0 atom stereocenters. The zero-order chi connectivity index (χ0) is 14.4. The van der Waals surface area contributed by atoms with Crippen molar-refractivity contribution in [3.63, 3.8) is 0 Å². The minimum Gasteiger partial charge on any atom is -0.362 e. The maximum atomic E-state index is 11.8. The van der Waals surface area contributed by atoms with Gasteiger partial charge in [-0.25, -0.2) is 0 Å². The molecule has 19 heavy (non-hydrogen) atoms. The van der Waals surface area contributed by atoms with Gasteiger partial charge in [0.15, 0.2) is 0 Å². The van der Waals surface area contributed by atoms with Crippen LogP contribution in [0, 0.1) is 0 Å². The molecule has 0 aromatic heterocycles. The van der Waals surface area contributed by atoms with Gasteiger partial charge < -0.3 is 15.1 Å². The second kappa shape index (κ2) is 7.50. The average molecular weight is 328 g/mol. The maximum absolute atomic E-state index is 11.8. The topological polar surface area (TPSA) is 35.6 Å². The van der Waals surface area contributed by atoms with E-state index in [0.717, 1.165) is 23.2 Å². The molecule has 0 spiro atoms. The molecule has 1 aromatic carbocycles. The van der Waals surface area contributed by atoms with E-state index < -0.39 is 0 Å². The fraction of sp³-hybridized carbons (Fsp3) is 0.500. The molecule has 1 aromatic rings. The number of carbonyl (C=O) groups excluding carboxylic acids is 1. The second-order valence-electron chi connectivity index (χ2n) is 4.62. The quantitative estimate of drug-likeness (QED) is 0.869. The van der Waals surface area contributed by atoms with Crippen LogP contribution in [-0.4, -0.2) is 45.0 Å². The SMILES string of the molecule is CCN(CC(=O)N(C)C)c1ccc(CNC)cc1Br. The third kappa shape index (κ3) is 4.51. The number of rotatable bonds is 6. The van der Waals surface area contributed by atoms with Gasteiger partial charge in [0.1, 0.15) is 0 Å². The fourth-order valence-electron chi connectivity index (χ4n) is 1.79. The van der Waals surface area contributed by atoms with Crippen LogP contribution in [-0.2, 0) is 11.3 Å². The summed E-state index contributed by atoms with van der Waals surface area (Å²) in [6.45, 7) is 4.08. The fourth-order valence-corrected chi connectivity index (χ4v) is 2.47. The highest BCUT2D eigenvalue weighted by molar-refractivity contribution is 9.10. The van der Waals surface area contributed by atoms with Crippen molar-refractivity contribution < 1.29 is 4.79 Å². The van der Waals surface area contributed by atoms with Gasteiger partial charge in [0, 0.05) is 31.7 Å². The van der Waals surface area contributed by atoms with Gasteiger partial charge in [-0.2, -0.15) is 0 Å². The molecule has 1 N–H and O–H groups in total. The second-order valence-corrected chi connectivity index (χ2v) is 5.47. The lowest BCUT2D eigenvalue weighted by Crippen LogP contribution is -2.36. The smallest absolute Gasteiger partial charge is 0.241 e. The molecule has 0 aliphatic carbocycles. The molecule has 106 valence electrons. The number of hydrogen-bond acceptors (Lipinski definition) is 3. The van der Waals surface area contributed by atoms with Gasteiger partial charge in [0.05, 0.1) is 12.2 Å². The van der Waals surface area contributed by atoms with Gasteiger partial charge in [-0.05, 0) is 47.6 Å². The van der Waals surface area contributed by atoms with Crippen LogP contribution in [0.3, 0.4) is 0 Å². The van der Waals surface area contributed by atoms with Crippen molar-refractivity contribution in [1.82, 2.24) is 10.2 Å². The number of halogens is 1. The highest BCUT2D eigenvalue weighted by atomic mass is 79.9. The van der Waals surface area contributed by atoms with E-state index in [0.29, 0.717) is 6.54 Å². The molecule has 1 rings (SSSR count). The summed E-state index contributed by atoms with van der Waals surface area (Å²) in [5, 5.41) is 3.13. The third-order valence-electron chi connectivity index (χ3n) is 2.94. The Balaban J connectivity index is 2.89. The molecular formula is C14H22BrN3O. The standard InChI is InChI=1S/C14H22BrN3O/c1-5-18(10-14(19)17(3)4)13-7-6-11(9-16-2)8-12(13)15/h6-8,16H,5,9-10H2,1-4H3. The summed E-state index contributed by atoms with van der Waals surface area (Å²) < 4.78 is 1.02. The number of nitrogens with zero attached hydrogens (tertiary/aromatic N) is 2. The van der Waals surface area contributed by atoms with Crippen LogP contribution in [0.15, 0.2) is 22.7 Å². The van der Waals surface area contributed by atoms with Crippen molar-refractivity contribution in [3.8, 4) is 0 Å². The first kappa shape index (κ1) is 16.0. The van der Waals surface area contributed by atoms with Gasteiger partial charge in [0.2, 0.25) is 5.91 Å². The molecule has 0 radical (unpaired) electrons. The largest absolute Gasteiger partial charge is 0.362 e. The third-order valence-corrected chi connectivity index (χ3v) is 3.58. The summed E-state index contributed by atoms with van der Waals surface area (Å²) in [5.41, 5.74) is 2.27. The van der Waals surface area contributed by atoms with Crippen molar-refractivity contribution in [2.45, 2.75) is 13.5 Å². The van der Waals surface area contributed by atoms with Crippen molar-refractivity contribution in [3.05, 3.63) is 28.2 Å². The highest BCUT2D eigenvalue weighted by Gasteiger charge is 2.14. The average Bonchev–Trinajstić information content (AvgIpc) is 2.36. The van der Waals surface area contributed by atoms with Crippen LogP contribution in [0.25, 0.3) is 0 Å². The van der Waals surface area contributed by atoms with Gasteiger partial charge in [-0.3, -0.25) is 4.79 Å². The Bertz CT molecular complexity index is 435. The molecule has 1 amide bonds. The van der Waals surface area contributed by atoms with E-state index in [1.54, 1.807) is 19.0 Å². The van der Waals surface area contributed by atoms with E-state index in [1.165, 1.54) is 5.56 Å². The number of nitrogens with one attached hydrogen (secondary N) is 1. The number of hydrogen-bond donors (Lipinski definition) is 1. The molecule has 0 saturated heterocycles. The Morgan fingerprint density at radius 3 is 2.53 bits per heavy atom. The maximum Gasteiger partial charge on any atom is 0.241 e. The Labute approximate surface area is 123 Å². The predicted octanol–water partition coefficient (Wildman–Crippen LogP) is 2.08. The summed E-state index contributed by atoms with van der Waals surface area (Å²) in [4.78, 5) is 15.5. The van der Waals surface area contributed by atoms with Crippen molar-refractivity contribution >= 4 is 27.5 Å². The Hall–Kier alpha value is -1.07. The summed E-state index contributed by atoms with van der Waals surface area (Å²) in [5.74, 6) is 0.105. The Kier molecular flexibility index (Phi) is 6.31. The first-order valence-corrected chi connectivity index (χ1v) is 7.17. The van der Waals surface area contributed by atoms with Crippen molar-refractivity contribution in [2.24, 2.45) is 0 Å². The number of anilines is 1. The Morgan fingerprint density at radius 1 is 1.37 bits per heavy atom. The van der Waals surface area contributed by atoms with Crippen LogP contribution in [0.1, 0.15) is 12.5 Å². The summed E-state index contributed by atoms with van der Waals surface area (Å²) in [6.07, 6.45) is 0. The molecular weight excluding hydrogens is 306 g/mol. The molecule has 0 heterocycles. The van der Waals surface area contributed by atoms with Crippen LogP contribution < -0.4 is 10.2 Å². The van der Waals surface area contributed by atoms with E-state index >= 15 is 0 Å². The zero-order valence-electron chi connectivity index (χ0n) is 12.0. The molecule has 0 aliphatic heterocycles. The van der Waals surface area contributed by atoms with Crippen LogP contribution >= 0.6 is 15.9 Å². The van der Waals surface area contributed by atoms with Crippen molar-refractivity contribution in [2.75, 3.05) is 39.1 Å². The lowest BCUT2D eigenvalue weighted by atomic mass is 10.2. The van der Waals surface area contributed by atoms with E-state index in [4.69, 9.17) is 0 Å². The Morgan fingerprint density at radius 2 is 2.05 bits per heavy atom. The molecule has 0 fully saturated rings. The molecule has 0 saturated carbocycles. The number of likely N-dealkylation sites (N-methyl/N-ethyl adjacent to an activating group) is 2. The molecule has 5 heteroatoms. The molecule has 0 unspecified atom stereocenters. The molecule has 4 nitrogen and oxygen atoms in total. The zero-order valence-corrected chi connectivity index (χ0v) is 13.6. The van der Waals surface area contributed by atoms with E-state index in [2.05, 4.69) is 51.3 Å². The van der Waals surface area contributed by atoms with Gasteiger partial charge in [0.25, 0.3) is 0 Å². The monoisotopic (exact) mass is 327 g/mol. The summed E-state index contributed by atoms with van der Waals surface area (Å²) in [6, 6.07) is 6.23. The highest BCUT2D eigenvalue weighted by Crippen LogP contribution is 2.27. The van der Waals surface area contributed by atoms with Crippen LogP contribution in [0.2, 0.25) is 0 Å². The summed E-state index contributed by atoms with van der Waals surface area (Å²) in [7, 11) is 5.48. The number of benzene rings is 1. The normalized spacial score (nSPS) is 10.4. The minimum atomic E-state index is 0.105.